The normalized spacial score (nSPS) is 13.3. The van der Waals surface area contributed by atoms with Crippen LogP contribution < -0.4 is 10.6 Å². The van der Waals surface area contributed by atoms with Crippen LogP contribution in [-0.2, 0) is 16.0 Å². The van der Waals surface area contributed by atoms with Crippen LogP contribution in [0.2, 0.25) is 0 Å². The summed E-state index contributed by atoms with van der Waals surface area (Å²) < 4.78 is 5.39. The topological polar surface area (TPSA) is 94.8 Å². The molecule has 0 radical (unpaired) electrons. The third kappa shape index (κ3) is 10.8. The Morgan fingerprint density at radius 3 is 2.60 bits per heavy atom. The van der Waals surface area contributed by atoms with E-state index >= 15 is 0 Å². The molecule has 0 aliphatic heterocycles. The van der Waals surface area contributed by atoms with Gasteiger partial charge < -0.3 is 25.1 Å². The van der Waals surface area contributed by atoms with Gasteiger partial charge in [-0.3, -0.25) is 9.59 Å². The SMILES string of the molecule is CCCN(CC)C(=O)CCCC(=O)N[C@@H](Cc1ccco1)[C@H](O)CNCCC(C)C. The highest BCUT2D eigenvalue weighted by Crippen LogP contribution is 2.09. The molecule has 1 heterocycles. The molecule has 0 unspecified atom stereocenters. The molecule has 0 aliphatic rings. The standard InChI is InChI=1S/C23H41N3O4/c1-5-14-26(6-2)23(29)11-7-10-22(28)25-20(16-19-9-8-15-30-19)21(27)17-24-13-12-18(3)4/h8-9,15,18,20-21,24,27H,5-7,10-14,16-17H2,1-4H3,(H,25,28)/t20-,21+/m0/s1. The molecule has 2 atom stereocenters. The quantitative estimate of drug-likeness (QED) is 0.355. The Morgan fingerprint density at radius 2 is 2.00 bits per heavy atom. The van der Waals surface area contributed by atoms with Gasteiger partial charge in [0.05, 0.1) is 18.4 Å². The van der Waals surface area contributed by atoms with Crippen molar-refractivity contribution >= 4 is 11.8 Å². The van der Waals surface area contributed by atoms with E-state index in [-0.39, 0.29) is 18.2 Å². The minimum atomic E-state index is -0.729. The van der Waals surface area contributed by atoms with Crippen LogP contribution in [0.3, 0.4) is 0 Å². The van der Waals surface area contributed by atoms with Crippen LogP contribution in [0.4, 0.5) is 0 Å². The Balaban J connectivity index is 2.50. The first kappa shape index (κ1) is 26.2. The zero-order valence-electron chi connectivity index (χ0n) is 19.2. The van der Waals surface area contributed by atoms with Crippen LogP contribution in [0, 0.1) is 5.92 Å². The fraction of sp³-hybridized carbons (Fsp3) is 0.739. The molecule has 3 N–H and O–H groups in total. The lowest BCUT2D eigenvalue weighted by Gasteiger charge is -2.24. The number of hydrogen-bond acceptors (Lipinski definition) is 5. The summed E-state index contributed by atoms with van der Waals surface area (Å²) in [6.45, 7) is 11.0. The number of furan rings is 1. The Kier molecular flexibility index (Phi) is 13.1. The first-order valence-electron chi connectivity index (χ1n) is 11.4. The van der Waals surface area contributed by atoms with Gasteiger partial charge in [-0.25, -0.2) is 0 Å². The summed E-state index contributed by atoms with van der Waals surface area (Å²) in [7, 11) is 0. The van der Waals surface area contributed by atoms with Crippen molar-refractivity contribution in [1.82, 2.24) is 15.5 Å². The van der Waals surface area contributed by atoms with Gasteiger partial charge in [-0.2, -0.15) is 0 Å². The van der Waals surface area contributed by atoms with Gasteiger partial charge >= 0.3 is 0 Å². The van der Waals surface area contributed by atoms with Crippen LogP contribution in [0.15, 0.2) is 22.8 Å². The molecule has 0 saturated heterocycles. The lowest BCUT2D eigenvalue weighted by atomic mass is 10.0. The maximum Gasteiger partial charge on any atom is 0.222 e. The number of carbonyl (C=O) groups is 2. The first-order chi connectivity index (χ1) is 14.4. The number of amides is 2. The molecule has 172 valence electrons. The molecule has 1 aromatic heterocycles. The Bertz CT molecular complexity index is 589. The van der Waals surface area contributed by atoms with Crippen LogP contribution in [0.25, 0.3) is 0 Å². The summed E-state index contributed by atoms with van der Waals surface area (Å²) in [5.74, 6) is 1.25. The van der Waals surface area contributed by atoms with Crippen molar-refractivity contribution in [3.8, 4) is 0 Å². The highest BCUT2D eigenvalue weighted by atomic mass is 16.3. The maximum atomic E-state index is 12.5. The lowest BCUT2D eigenvalue weighted by Crippen LogP contribution is -2.48. The average Bonchev–Trinajstić information content (AvgIpc) is 3.21. The number of aliphatic hydroxyl groups excluding tert-OH is 1. The predicted molar refractivity (Wildman–Crippen MR) is 119 cm³/mol. The molecule has 0 fully saturated rings. The third-order valence-corrected chi connectivity index (χ3v) is 5.09. The molecule has 1 aromatic rings. The summed E-state index contributed by atoms with van der Waals surface area (Å²) in [4.78, 5) is 26.5. The van der Waals surface area contributed by atoms with Crippen LogP contribution in [0.1, 0.15) is 65.6 Å². The van der Waals surface area contributed by atoms with Gasteiger partial charge in [0, 0.05) is 38.9 Å². The van der Waals surface area contributed by atoms with E-state index in [1.807, 2.05) is 24.8 Å². The highest BCUT2D eigenvalue weighted by Gasteiger charge is 2.23. The summed E-state index contributed by atoms with van der Waals surface area (Å²) >= 11 is 0. The predicted octanol–water partition coefficient (Wildman–Crippen LogP) is 2.73. The number of nitrogens with zero attached hydrogens (tertiary/aromatic N) is 1. The summed E-state index contributed by atoms with van der Waals surface area (Å²) in [5, 5.41) is 16.8. The summed E-state index contributed by atoms with van der Waals surface area (Å²) in [5.41, 5.74) is 0. The number of nitrogens with one attached hydrogen (secondary N) is 2. The van der Waals surface area contributed by atoms with Crippen LogP contribution >= 0.6 is 0 Å². The van der Waals surface area contributed by atoms with E-state index in [2.05, 4.69) is 24.5 Å². The van der Waals surface area contributed by atoms with Crippen molar-refractivity contribution < 1.29 is 19.1 Å². The average molecular weight is 424 g/mol. The monoisotopic (exact) mass is 423 g/mol. The van der Waals surface area contributed by atoms with Gasteiger partial charge in [-0.1, -0.05) is 20.8 Å². The van der Waals surface area contributed by atoms with Crippen molar-refractivity contribution in [3.63, 3.8) is 0 Å². The van der Waals surface area contributed by atoms with Crippen molar-refractivity contribution in [2.75, 3.05) is 26.2 Å². The molecule has 7 nitrogen and oxygen atoms in total. The molecule has 0 saturated carbocycles. The minimum Gasteiger partial charge on any atom is -0.469 e. The highest BCUT2D eigenvalue weighted by molar-refractivity contribution is 5.79. The van der Waals surface area contributed by atoms with Crippen LogP contribution in [-0.4, -0.2) is 60.1 Å². The summed E-state index contributed by atoms with van der Waals surface area (Å²) in [6, 6.07) is 3.19. The third-order valence-electron chi connectivity index (χ3n) is 5.09. The zero-order valence-corrected chi connectivity index (χ0v) is 19.2. The molecule has 0 bridgehead atoms. The zero-order chi connectivity index (χ0) is 22.4. The van der Waals surface area contributed by atoms with Crippen molar-refractivity contribution in [2.45, 2.75) is 78.4 Å². The number of rotatable bonds is 16. The smallest absolute Gasteiger partial charge is 0.222 e. The van der Waals surface area contributed by atoms with Crippen molar-refractivity contribution in [1.29, 1.82) is 0 Å². The molecule has 0 aliphatic carbocycles. The number of aliphatic hydroxyl groups is 1. The Morgan fingerprint density at radius 1 is 1.23 bits per heavy atom. The van der Waals surface area contributed by atoms with E-state index in [4.69, 9.17) is 4.42 Å². The fourth-order valence-corrected chi connectivity index (χ4v) is 3.28. The molecule has 7 heteroatoms. The van der Waals surface area contributed by atoms with Gasteiger partial charge in [0.2, 0.25) is 11.8 Å². The largest absolute Gasteiger partial charge is 0.469 e. The van der Waals surface area contributed by atoms with Gasteiger partial charge in [-0.15, -0.1) is 0 Å². The van der Waals surface area contributed by atoms with Gasteiger partial charge in [0.25, 0.3) is 0 Å². The van der Waals surface area contributed by atoms with E-state index < -0.39 is 12.1 Å². The second-order valence-corrected chi connectivity index (χ2v) is 8.24. The fourth-order valence-electron chi connectivity index (χ4n) is 3.28. The molecule has 0 spiro atoms. The second-order valence-electron chi connectivity index (χ2n) is 8.24. The van der Waals surface area contributed by atoms with Crippen LogP contribution in [0.5, 0.6) is 0 Å². The second kappa shape index (κ2) is 15.0. The molecule has 2 amide bonds. The van der Waals surface area contributed by atoms with Crippen molar-refractivity contribution in [2.24, 2.45) is 5.92 Å². The first-order valence-corrected chi connectivity index (χ1v) is 11.4. The lowest BCUT2D eigenvalue weighted by molar-refractivity contribution is -0.131. The van der Waals surface area contributed by atoms with E-state index in [1.165, 1.54) is 0 Å². The van der Waals surface area contributed by atoms with Gasteiger partial charge in [0.15, 0.2) is 0 Å². The molecule has 30 heavy (non-hydrogen) atoms. The van der Waals surface area contributed by atoms with E-state index in [1.54, 1.807) is 12.3 Å². The molecule has 1 rings (SSSR count). The van der Waals surface area contributed by atoms with Gasteiger partial charge in [-0.05, 0) is 50.8 Å². The Hall–Kier alpha value is -1.86. The molecule has 0 aromatic carbocycles. The van der Waals surface area contributed by atoms with Gasteiger partial charge in [0.1, 0.15) is 5.76 Å². The minimum absolute atomic E-state index is 0.0914. The number of hydrogen-bond donors (Lipinski definition) is 3. The molecular formula is C23H41N3O4. The summed E-state index contributed by atoms with van der Waals surface area (Å²) in [6.07, 6.45) is 4.36. The van der Waals surface area contributed by atoms with E-state index in [0.29, 0.717) is 38.3 Å². The Labute approximate surface area is 181 Å². The molecular weight excluding hydrogens is 382 g/mol. The number of carbonyl (C=O) groups excluding carboxylic acids is 2. The van der Waals surface area contributed by atoms with E-state index in [0.717, 1.165) is 31.7 Å². The maximum absolute atomic E-state index is 12.5. The van der Waals surface area contributed by atoms with Crippen molar-refractivity contribution in [3.05, 3.63) is 24.2 Å². The van der Waals surface area contributed by atoms with E-state index in [9.17, 15) is 14.7 Å².